The molecule has 2 aromatic carbocycles. The van der Waals surface area contributed by atoms with Crippen molar-refractivity contribution in [3.8, 4) is 11.5 Å². The predicted octanol–water partition coefficient (Wildman–Crippen LogP) is 4.98. The Bertz CT molecular complexity index is 960. The standard InChI is InChI=1S/C19H19NO3S2/c1-13(2)24-19-18(20-17(23-19)15-7-5-4-6-8-15)25(21,22)16-11-9-14(3)10-12-16/h4-13H,1-3H3. The zero-order valence-corrected chi connectivity index (χ0v) is 15.9. The van der Waals surface area contributed by atoms with Gasteiger partial charge in [-0.2, -0.15) is 4.98 Å². The Hall–Kier alpha value is -2.05. The minimum absolute atomic E-state index is 0.0195. The fourth-order valence-corrected chi connectivity index (χ4v) is 4.64. The summed E-state index contributed by atoms with van der Waals surface area (Å²) < 4.78 is 31.9. The molecule has 0 atom stereocenters. The summed E-state index contributed by atoms with van der Waals surface area (Å²) in [6.07, 6.45) is 0. The number of rotatable bonds is 5. The lowest BCUT2D eigenvalue weighted by Crippen LogP contribution is -2.04. The zero-order valence-electron chi connectivity index (χ0n) is 14.3. The number of hydrogen-bond acceptors (Lipinski definition) is 5. The monoisotopic (exact) mass is 373 g/mol. The van der Waals surface area contributed by atoms with Crippen molar-refractivity contribution in [2.24, 2.45) is 0 Å². The molecule has 0 aliphatic rings. The Balaban J connectivity index is 2.13. The third-order valence-corrected chi connectivity index (χ3v) is 6.29. The van der Waals surface area contributed by atoms with E-state index in [0.29, 0.717) is 11.0 Å². The van der Waals surface area contributed by atoms with Crippen LogP contribution in [0.15, 0.2) is 74.0 Å². The van der Waals surface area contributed by atoms with E-state index in [9.17, 15) is 8.42 Å². The Kier molecular flexibility index (Phi) is 5.01. The van der Waals surface area contributed by atoms with Crippen molar-refractivity contribution in [3.63, 3.8) is 0 Å². The van der Waals surface area contributed by atoms with Crippen molar-refractivity contribution in [2.75, 3.05) is 0 Å². The predicted molar refractivity (Wildman–Crippen MR) is 99.6 cm³/mol. The minimum atomic E-state index is -3.74. The molecule has 0 spiro atoms. The lowest BCUT2D eigenvalue weighted by Gasteiger charge is -2.05. The van der Waals surface area contributed by atoms with Gasteiger partial charge in [0, 0.05) is 10.8 Å². The van der Waals surface area contributed by atoms with Crippen LogP contribution in [-0.4, -0.2) is 18.7 Å². The number of aryl methyl sites for hydroxylation is 1. The molecule has 0 fully saturated rings. The molecule has 0 saturated carbocycles. The van der Waals surface area contributed by atoms with Gasteiger partial charge < -0.3 is 4.42 Å². The summed E-state index contributed by atoms with van der Waals surface area (Å²) in [5.74, 6) is 0.314. The number of benzene rings is 2. The highest BCUT2D eigenvalue weighted by molar-refractivity contribution is 8.00. The normalized spacial score (nSPS) is 11.8. The van der Waals surface area contributed by atoms with Crippen molar-refractivity contribution in [1.29, 1.82) is 0 Å². The average Bonchev–Trinajstić information content (AvgIpc) is 3.00. The lowest BCUT2D eigenvalue weighted by molar-refractivity contribution is 0.469. The maximum atomic E-state index is 13.1. The highest BCUT2D eigenvalue weighted by Crippen LogP contribution is 2.36. The van der Waals surface area contributed by atoms with Gasteiger partial charge in [0.1, 0.15) is 0 Å². The largest absolute Gasteiger partial charge is 0.428 e. The van der Waals surface area contributed by atoms with Gasteiger partial charge in [-0.25, -0.2) is 8.42 Å². The van der Waals surface area contributed by atoms with Crippen LogP contribution in [0.3, 0.4) is 0 Å². The molecule has 4 nitrogen and oxygen atoms in total. The van der Waals surface area contributed by atoms with E-state index in [1.807, 2.05) is 51.1 Å². The van der Waals surface area contributed by atoms with Gasteiger partial charge in [-0.3, -0.25) is 0 Å². The molecule has 0 bridgehead atoms. The third kappa shape index (κ3) is 3.80. The minimum Gasteiger partial charge on any atom is -0.428 e. The van der Waals surface area contributed by atoms with E-state index in [-0.39, 0.29) is 15.2 Å². The van der Waals surface area contributed by atoms with Gasteiger partial charge in [0.2, 0.25) is 25.8 Å². The van der Waals surface area contributed by atoms with Crippen LogP contribution in [0.25, 0.3) is 11.5 Å². The van der Waals surface area contributed by atoms with E-state index in [2.05, 4.69) is 4.98 Å². The van der Waals surface area contributed by atoms with Crippen molar-refractivity contribution < 1.29 is 12.8 Å². The van der Waals surface area contributed by atoms with Crippen molar-refractivity contribution in [1.82, 2.24) is 4.98 Å². The number of hydrogen-bond donors (Lipinski definition) is 0. The number of thioether (sulfide) groups is 1. The maximum Gasteiger partial charge on any atom is 0.228 e. The molecular weight excluding hydrogens is 354 g/mol. The van der Waals surface area contributed by atoms with Crippen LogP contribution in [-0.2, 0) is 9.84 Å². The molecule has 3 rings (SSSR count). The summed E-state index contributed by atoms with van der Waals surface area (Å²) in [6, 6.07) is 16.1. The highest BCUT2D eigenvalue weighted by Gasteiger charge is 2.29. The summed E-state index contributed by atoms with van der Waals surface area (Å²) in [6.45, 7) is 5.88. The molecule has 3 aromatic rings. The van der Waals surface area contributed by atoms with Crippen molar-refractivity contribution in [3.05, 3.63) is 60.2 Å². The van der Waals surface area contributed by atoms with Gasteiger partial charge in [-0.15, -0.1) is 0 Å². The van der Waals surface area contributed by atoms with Gasteiger partial charge >= 0.3 is 0 Å². The molecule has 0 saturated heterocycles. The first-order chi connectivity index (χ1) is 11.9. The molecule has 6 heteroatoms. The van der Waals surface area contributed by atoms with E-state index < -0.39 is 9.84 Å². The second-order valence-electron chi connectivity index (χ2n) is 5.96. The molecule has 0 N–H and O–H groups in total. The molecule has 25 heavy (non-hydrogen) atoms. The van der Waals surface area contributed by atoms with Gasteiger partial charge in [0.25, 0.3) is 0 Å². The molecular formula is C19H19NO3S2. The number of aromatic nitrogens is 1. The SMILES string of the molecule is Cc1ccc(S(=O)(=O)c2nc(-c3ccccc3)oc2SC(C)C)cc1. The fraction of sp³-hybridized carbons (Fsp3) is 0.211. The van der Waals surface area contributed by atoms with E-state index in [1.165, 1.54) is 11.8 Å². The van der Waals surface area contributed by atoms with E-state index in [0.717, 1.165) is 11.1 Å². The first kappa shape index (κ1) is 17.8. The second-order valence-corrected chi connectivity index (χ2v) is 9.38. The van der Waals surface area contributed by atoms with Crippen LogP contribution < -0.4 is 0 Å². The van der Waals surface area contributed by atoms with E-state index >= 15 is 0 Å². The Labute approximate surface area is 152 Å². The first-order valence-electron chi connectivity index (χ1n) is 7.92. The summed E-state index contributed by atoms with van der Waals surface area (Å²) in [5, 5.41) is 0.479. The van der Waals surface area contributed by atoms with E-state index in [1.54, 1.807) is 24.3 Å². The van der Waals surface area contributed by atoms with Crippen LogP contribution in [0, 0.1) is 6.92 Å². The van der Waals surface area contributed by atoms with Crippen LogP contribution in [0.2, 0.25) is 0 Å². The van der Waals surface area contributed by atoms with Gasteiger partial charge in [0.05, 0.1) is 4.90 Å². The topological polar surface area (TPSA) is 60.2 Å². The quantitative estimate of drug-likeness (QED) is 0.590. The molecule has 0 aliphatic heterocycles. The van der Waals surface area contributed by atoms with Crippen LogP contribution in [0.5, 0.6) is 0 Å². The van der Waals surface area contributed by atoms with Gasteiger partial charge in [-0.05, 0) is 31.2 Å². The Morgan fingerprint density at radius 1 is 1.00 bits per heavy atom. The van der Waals surface area contributed by atoms with Crippen LogP contribution in [0.4, 0.5) is 0 Å². The number of sulfone groups is 1. The fourth-order valence-electron chi connectivity index (χ4n) is 2.28. The average molecular weight is 373 g/mol. The third-order valence-electron chi connectivity index (χ3n) is 3.52. The smallest absolute Gasteiger partial charge is 0.228 e. The summed E-state index contributed by atoms with van der Waals surface area (Å²) in [4.78, 5) is 4.55. The molecule has 130 valence electrons. The van der Waals surface area contributed by atoms with Gasteiger partial charge in [-0.1, -0.05) is 61.5 Å². The van der Waals surface area contributed by atoms with E-state index in [4.69, 9.17) is 4.42 Å². The van der Waals surface area contributed by atoms with Crippen molar-refractivity contribution in [2.45, 2.75) is 41.0 Å². The molecule has 0 radical (unpaired) electrons. The molecule has 0 unspecified atom stereocenters. The van der Waals surface area contributed by atoms with Gasteiger partial charge in [0.15, 0.2) is 0 Å². The number of oxazole rings is 1. The Morgan fingerprint density at radius 3 is 2.24 bits per heavy atom. The molecule has 0 aliphatic carbocycles. The van der Waals surface area contributed by atoms with Crippen molar-refractivity contribution >= 4 is 21.6 Å². The maximum absolute atomic E-state index is 13.1. The Morgan fingerprint density at radius 2 is 1.64 bits per heavy atom. The highest BCUT2D eigenvalue weighted by atomic mass is 32.2. The summed E-state index contributed by atoms with van der Waals surface area (Å²) in [5.41, 5.74) is 1.75. The molecule has 1 heterocycles. The lowest BCUT2D eigenvalue weighted by atomic mass is 10.2. The zero-order chi connectivity index (χ0) is 18.0. The van der Waals surface area contributed by atoms with Crippen LogP contribution in [0.1, 0.15) is 19.4 Å². The summed E-state index contributed by atoms with van der Waals surface area (Å²) >= 11 is 1.36. The summed E-state index contributed by atoms with van der Waals surface area (Å²) in [7, 11) is -3.74. The number of nitrogens with zero attached hydrogens (tertiary/aromatic N) is 1. The molecule has 0 amide bonds. The van der Waals surface area contributed by atoms with Crippen LogP contribution >= 0.6 is 11.8 Å². The first-order valence-corrected chi connectivity index (χ1v) is 10.3. The molecule has 1 aromatic heterocycles. The second kappa shape index (κ2) is 7.06.